The second-order valence-electron chi connectivity index (χ2n) is 6.11. The van der Waals surface area contributed by atoms with E-state index in [4.69, 9.17) is 12.2 Å². The van der Waals surface area contributed by atoms with Crippen molar-refractivity contribution in [3.63, 3.8) is 0 Å². The lowest BCUT2D eigenvalue weighted by Crippen LogP contribution is -2.28. The fraction of sp³-hybridized carbons (Fsp3) is 0.600. The van der Waals surface area contributed by atoms with Gasteiger partial charge in [-0.25, -0.2) is 4.98 Å². The first kappa shape index (κ1) is 13.8. The van der Waals surface area contributed by atoms with Gasteiger partial charge in [0.15, 0.2) is 10.4 Å². The first-order valence-corrected chi connectivity index (χ1v) is 7.75. The molecule has 1 fully saturated rings. The summed E-state index contributed by atoms with van der Waals surface area (Å²) in [7, 11) is 0. The van der Waals surface area contributed by atoms with Crippen LogP contribution in [0.3, 0.4) is 0 Å². The van der Waals surface area contributed by atoms with Gasteiger partial charge in [0.05, 0.1) is 5.52 Å². The molecule has 0 aliphatic carbocycles. The molecule has 0 amide bonds. The topological polar surface area (TPSA) is 36.9 Å². The van der Waals surface area contributed by atoms with E-state index in [-0.39, 0.29) is 0 Å². The summed E-state index contributed by atoms with van der Waals surface area (Å²) in [6.45, 7) is 9.96. The van der Waals surface area contributed by atoms with E-state index in [0.29, 0.717) is 12.0 Å². The van der Waals surface area contributed by atoms with Crippen LogP contribution in [0.5, 0.6) is 0 Å². The van der Waals surface area contributed by atoms with Crippen LogP contribution in [0.15, 0.2) is 12.3 Å². The lowest BCUT2D eigenvalue weighted by molar-refractivity contribution is 0.261. The number of H-pyrrole nitrogens is 1. The van der Waals surface area contributed by atoms with Gasteiger partial charge in [0.1, 0.15) is 0 Å². The molecular weight excluding hydrogens is 268 g/mol. The fourth-order valence-corrected chi connectivity index (χ4v) is 3.34. The second-order valence-corrected chi connectivity index (χ2v) is 6.50. The lowest BCUT2D eigenvalue weighted by atomic mass is 10.1. The molecule has 4 nitrogen and oxygen atoms in total. The van der Waals surface area contributed by atoms with Gasteiger partial charge in [-0.2, -0.15) is 0 Å². The molecule has 108 valence electrons. The number of hydrogen-bond acceptors (Lipinski definition) is 3. The van der Waals surface area contributed by atoms with E-state index in [9.17, 15) is 0 Å². The number of pyridine rings is 1. The monoisotopic (exact) mass is 290 g/mol. The summed E-state index contributed by atoms with van der Waals surface area (Å²) in [4.78, 5) is 10.4. The molecule has 1 atom stereocenters. The molecule has 0 bridgehead atoms. The molecule has 0 saturated carbocycles. The number of nitrogens with zero attached hydrogens (tertiary/aromatic N) is 3. The number of aryl methyl sites for hydroxylation is 1. The highest BCUT2D eigenvalue weighted by molar-refractivity contribution is 7.71. The van der Waals surface area contributed by atoms with Crippen molar-refractivity contribution in [3.05, 3.63) is 22.6 Å². The van der Waals surface area contributed by atoms with Crippen molar-refractivity contribution in [2.45, 2.75) is 39.8 Å². The molecule has 1 aliphatic rings. The van der Waals surface area contributed by atoms with Crippen LogP contribution in [-0.4, -0.2) is 38.6 Å². The third-order valence-electron chi connectivity index (χ3n) is 4.36. The molecular formula is C15H22N4S. The van der Waals surface area contributed by atoms with E-state index >= 15 is 0 Å². The van der Waals surface area contributed by atoms with Gasteiger partial charge in [-0.3, -0.25) is 0 Å². The van der Waals surface area contributed by atoms with Gasteiger partial charge < -0.3 is 14.5 Å². The van der Waals surface area contributed by atoms with Crippen molar-refractivity contribution in [2.24, 2.45) is 5.92 Å². The average molecular weight is 290 g/mol. The Labute approximate surface area is 124 Å². The van der Waals surface area contributed by atoms with Crippen molar-refractivity contribution >= 4 is 23.4 Å². The van der Waals surface area contributed by atoms with Crippen LogP contribution in [0, 0.1) is 17.6 Å². The summed E-state index contributed by atoms with van der Waals surface area (Å²) in [6.07, 6.45) is 3.12. The van der Waals surface area contributed by atoms with Gasteiger partial charge in [-0.1, -0.05) is 0 Å². The molecule has 2 aromatic rings. The summed E-state index contributed by atoms with van der Waals surface area (Å²) < 4.78 is 2.97. The number of fused-ring (bicyclic) bond motifs is 1. The van der Waals surface area contributed by atoms with Crippen molar-refractivity contribution in [2.75, 3.05) is 13.1 Å². The summed E-state index contributed by atoms with van der Waals surface area (Å²) in [5.74, 6) is 0.672. The Bertz CT molecular complexity index is 670. The normalized spacial score (nSPS) is 20.3. The zero-order valence-electron chi connectivity index (χ0n) is 12.4. The molecule has 5 heteroatoms. The number of nitrogens with one attached hydrogen (secondary N) is 1. The highest BCUT2D eigenvalue weighted by atomic mass is 32.1. The predicted molar refractivity (Wildman–Crippen MR) is 84.5 cm³/mol. The summed E-state index contributed by atoms with van der Waals surface area (Å²) in [6, 6.07) is 2.66. The molecule has 0 radical (unpaired) electrons. The van der Waals surface area contributed by atoms with Crippen molar-refractivity contribution in [1.82, 2.24) is 19.4 Å². The first-order valence-electron chi connectivity index (χ1n) is 7.34. The minimum absolute atomic E-state index is 0.635. The molecule has 0 spiro atoms. The zero-order chi connectivity index (χ0) is 14.3. The Morgan fingerprint density at radius 1 is 1.50 bits per heavy atom. The molecule has 1 unspecified atom stereocenters. The van der Waals surface area contributed by atoms with Crippen LogP contribution in [-0.2, 0) is 6.54 Å². The van der Waals surface area contributed by atoms with E-state index in [2.05, 4.69) is 40.2 Å². The van der Waals surface area contributed by atoms with E-state index in [1.54, 1.807) is 0 Å². The van der Waals surface area contributed by atoms with E-state index < -0.39 is 0 Å². The average Bonchev–Trinajstić information content (AvgIpc) is 2.98. The molecule has 2 aromatic heterocycles. The Balaban J connectivity index is 1.87. The number of aromatic nitrogens is 3. The molecule has 1 aliphatic heterocycles. The third-order valence-corrected chi connectivity index (χ3v) is 4.68. The van der Waals surface area contributed by atoms with Crippen molar-refractivity contribution < 1.29 is 0 Å². The van der Waals surface area contributed by atoms with Crippen molar-refractivity contribution in [3.8, 4) is 0 Å². The minimum atomic E-state index is 0.635. The Morgan fingerprint density at radius 2 is 2.30 bits per heavy atom. The first-order chi connectivity index (χ1) is 9.56. The number of rotatable bonds is 3. The Hall–Kier alpha value is -1.20. The molecule has 20 heavy (non-hydrogen) atoms. The number of hydrogen-bond donors (Lipinski definition) is 1. The van der Waals surface area contributed by atoms with Gasteiger partial charge >= 0.3 is 0 Å². The van der Waals surface area contributed by atoms with Crippen LogP contribution >= 0.6 is 12.2 Å². The summed E-state index contributed by atoms with van der Waals surface area (Å²) in [5.41, 5.74) is 3.28. The minimum Gasteiger partial charge on any atom is -0.329 e. The maximum atomic E-state index is 5.48. The smallest absolute Gasteiger partial charge is 0.179 e. The Kier molecular flexibility index (Phi) is 3.65. The molecule has 3 heterocycles. The van der Waals surface area contributed by atoms with E-state index in [1.807, 2.05) is 12.3 Å². The van der Waals surface area contributed by atoms with Crippen LogP contribution in [0.2, 0.25) is 0 Å². The van der Waals surface area contributed by atoms with E-state index in [0.717, 1.165) is 29.0 Å². The maximum Gasteiger partial charge on any atom is 0.179 e. The third kappa shape index (κ3) is 2.40. The largest absolute Gasteiger partial charge is 0.329 e. The predicted octanol–water partition coefficient (Wildman–Crippen LogP) is 3.13. The van der Waals surface area contributed by atoms with Crippen LogP contribution < -0.4 is 0 Å². The van der Waals surface area contributed by atoms with Crippen LogP contribution in [0.4, 0.5) is 0 Å². The van der Waals surface area contributed by atoms with Crippen LogP contribution in [0.1, 0.15) is 25.8 Å². The Morgan fingerprint density at radius 3 is 3.00 bits per heavy atom. The van der Waals surface area contributed by atoms with E-state index in [1.165, 1.54) is 18.5 Å². The summed E-state index contributed by atoms with van der Waals surface area (Å²) >= 11 is 5.48. The second kappa shape index (κ2) is 5.30. The van der Waals surface area contributed by atoms with Gasteiger partial charge in [-0.05, 0) is 63.5 Å². The van der Waals surface area contributed by atoms with Crippen molar-refractivity contribution in [1.29, 1.82) is 0 Å². The fourth-order valence-electron chi connectivity index (χ4n) is 3.08. The van der Waals surface area contributed by atoms with Crippen LogP contribution in [0.25, 0.3) is 11.2 Å². The number of likely N-dealkylation sites (tertiary alicyclic amines) is 1. The maximum absolute atomic E-state index is 5.48. The molecule has 0 aromatic carbocycles. The summed E-state index contributed by atoms with van der Waals surface area (Å²) in [5, 5.41) is 0. The van der Waals surface area contributed by atoms with Gasteiger partial charge in [0.25, 0.3) is 0 Å². The highest BCUT2D eigenvalue weighted by Gasteiger charge is 2.25. The quantitative estimate of drug-likeness (QED) is 0.882. The number of imidazole rings is 1. The van der Waals surface area contributed by atoms with Gasteiger partial charge in [0, 0.05) is 25.3 Å². The lowest BCUT2D eigenvalue weighted by Gasteiger charge is -2.20. The zero-order valence-corrected chi connectivity index (χ0v) is 13.2. The standard InChI is InChI=1S/C15H22N4S/c1-10(2)18-7-5-12(8-18)9-19-14-13(17-15(19)20)11(3)4-6-16-14/h4,6,10,12H,5,7-9H2,1-3H3,(H,17,20). The number of aromatic amines is 1. The highest BCUT2D eigenvalue weighted by Crippen LogP contribution is 2.23. The van der Waals surface area contributed by atoms with Gasteiger partial charge in [0.2, 0.25) is 0 Å². The SMILES string of the molecule is Cc1ccnc2c1[nH]c(=S)n2CC1CCN(C(C)C)C1. The van der Waals surface area contributed by atoms with Gasteiger partial charge in [-0.15, -0.1) is 0 Å². The molecule has 1 N–H and O–H groups in total. The molecule has 1 saturated heterocycles. The molecule has 3 rings (SSSR count).